The lowest BCUT2D eigenvalue weighted by atomic mass is 10.2. The van der Waals surface area contributed by atoms with E-state index in [-0.39, 0.29) is 10.7 Å². The second-order valence-corrected chi connectivity index (χ2v) is 9.56. The summed E-state index contributed by atoms with van der Waals surface area (Å²) >= 11 is 1.54. The highest BCUT2D eigenvalue weighted by atomic mass is 32.2. The number of benzene rings is 2. The molecule has 0 amide bonds. The summed E-state index contributed by atoms with van der Waals surface area (Å²) < 4.78 is 47.1. The van der Waals surface area contributed by atoms with Crippen LogP contribution in [0, 0.1) is 12.7 Å². The highest BCUT2D eigenvalue weighted by Gasteiger charge is 2.25. The molecule has 3 aromatic rings. The number of methoxy groups -OCH3 is 1. The van der Waals surface area contributed by atoms with Crippen LogP contribution in [0.4, 0.5) is 4.39 Å². The van der Waals surface area contributed by atoms with Crippen LogP contribution in [0.25, 0.3) is 10.9 Å². The van der Waals surface area contributed by atoms with E-state index < -0.39 is 10.0 Å². The summed E-state index contributed by atoms with van der Waals surface area (Å²) in [5.74, 6) is 0.961. The summed E-state index contributed by atoms with van der Waals surface area (Å²) in [6.07, 6.45) is 0. The Bertz CT molecular complexity index is 1090. The molecule has 1 heterocycles. The van der Waals surface area contributed by atoms with Crippen molar-refractivity contribution in [1.29, 1.82) is 0 Å². The van der Waals surface area contributed by atoms with Crippen LogP contribution in [0.5, 0.6) is 5.75 Å². The van der Waals surface area contributed by atoms with E-state index in [0.717, 1.165) is 17.2 Å². The Morgan fingerprint density at radius 1 is 1.14 bits per heavy atom. The zero-order valence-corrected chi connectivity index (χ0v) is 17.9. The lowest BCUT2D eigenvalue weighted by Crippen LogP contribution is -2.15. The first-order chi connectivity index (χ1) is 13.3. The number of rotatable bonds is 7. The predicted molar refractivity (Wildman–Crippen MR) is 111 cm³/mol. The molecule has 0 radical (unpaired) electrons. The van der Waals surface area contributed by atoms with Crippen LogP contribution in [0.2, 0.25) is 0 Å². The molecule has 0 atom stereocenters. The van der Waals surface area contributed by atoms with Gasteiger partial charge in [0, 0.05) is 28.3 Å². The van der Waals surface area contributed by atoms with Crippen molar-refractivity contribution in [2.45, 2.75) is 16.7 Å². The third-order valence-corrected chi connectivity index (χ3v) is 7.45. The smallest absolute Gasteiger partial charge is 0.268 e. The van der Waals surface area contributed by atoms with Crippen LogP contribution < -0.4 is 4.74 Å². The van der Waals surface area contributed by atoms with Gasteiger partial charge >= 0.3 is 0 Å². The van der Waals surface area contributed by atoms with Gasteiger partial charge in [-0.05, 0) is 63.5 Å². The van der Waals surface area contributed by atoms with Crippen LogP contribution in [-0.4, -0.2) is 50.8 Å². The molecular weight excluding hydrogens is 399 g/mol. The molecule has 28 heavy (non-hydrogen) atoms. The maximum Gasteiger partial charge on any atom is 0.268 e. The molecule has 150 valence electrons. The fraction of sp³-hybridized carbons (Fsp3) is 0.300. The highest BCUT2D eigenvalue weighted by molar-refractivity contribution is 7.99. The maximum atomic E-state index is 13.9. The number of fused-ring (bicyclic) bond motifs is 1. The highest BCUT2D eigenvalue weighted by Crippen LogP contribution is 2.37. The van der Waals surface area contributed by atoms with Gasteiger partial charge in [0.25, 0.3) is 10.0 Å². The van der Waals surface area contributed by atoms with Crippen LogP contribution >= 0.6 is 11.8 Å². The number of ether oxygens (including phenoxy) is 1. The molecule has 8 heteroatoms. The Morgan fingerprint density at radius 2 is 1.82 bits per heavy atom. The molecule has 5 nitrogen and oxygen atoms in total. The quantitative estimate of drug-likeness (QED) is 0.539. The zero-order valence-electron chi connectivity index (χ0n) is 16.3. The van der Waals surface area contributed by atoms with Gasteiger partial charge in [-0.2, -0.15) is 0 Å². The molecule has 0 aliphatic rings. The van der Waals surface area contributed by atoms with Gasteiger partial charge in [0.15, 0.2) is 0 Å². The average molecular weight is 423 g/mol. The third-order valence-electron chi connectivity index (χ3n) is 4.44. The fourth-order valence-corrected chi connectivity index (χ4v) is 5.91. The molecule has 1 aromatic heterocycles. The van der Waals surface area contributed by atoms with Gasteiger partial charge in [-0.25, -0.2) is 16.8 Å². The Labute approximate surface area is 169 Å². The topological polar surface area (TPSA) is 51.5 Å². The van der Waals surface area contributed by atoms with Gasteiger partial charge in [0.2, 0.25) is 0 Å². The molecule has 0 unspecified atom stereocenters. The average Bonchev–Trinajstić information content (AvgIpc) is 2.93. The number of hydrogen-bond acceptors (Lipinski definition) is 5. The van der Waals surface area contributed by atoms with Crippen molar-refractivity contribution in [3.8, 4) is 5.75 Å². The minimum Gasteiger partial charge on any atom is -0.497 e. The van der Waals surface area contributed by atoms with Gasteiger partial charge in [-0.3, -0.25) is 0 Å². The second kappa shape index (κ2) is 8.14. The number of nitrogens with zero attached hydrogens (tertiary/aromatic N) is 2. The Balaban J connectivity index is 2.15. The van der Waals surface area contributed by atoms with Crippen LogP contribution in [0.3, 0.4) is 0 Å². The summed E-state index contributed by atoms with van der Waals surface area (Å²) in [7, 11) is 1.64. The van der Waals surface area contributed by atoms with Crippen molar-refractivity contribution in [1.82, 2.24) is 8.87 Å². The predicted octanol–water partition coefficient (Wildman–Crippen LogP) is 3.99. The maximum absolute atomic E-state index is 13.9. The summed E-state index contributed by atoms with van der Waals surface area (Å²) in [6, 6.07) is 10.5. The SMILES string of the molecule is COc1ccc(S(=O)(=O)n2c(C)c(SCCN(C)C)c3cc(F)ccc32)cc1. The fourth-order valence-electron chi connectivity index (χ4n) is 3.01. The minimum absolute atomic E-state index is 0.155. The first-order valence-electron chi connectivity index (χ1n) is 8.73. The van der Waals surface area contributed by atoms with E-state index in [4.69, 9.17) is 4.74 Å². The van der Waals surface area contributed by atoms with Crippen LogP contribution in [0.15, 0.2) is 52.3 Å². The second-order valence-electron chi connectivity index (χ2n) is 6.67. The first-order valence-corrected chi connectivity index (χ1v) is 11.2. The van der Waals surface area contributed by atoms with Crippen molar-refractivity contribution < 1.29 is 17.5 Å². The standard InChI is InChI=1S/C20H23FN2O3S2/c1-14-20(27-12-11-22(2)3)18-13-15(21)5-10-19(18)23(14)28(24,25)17-8-6-16(26-4)7-9-17/h5-10,13H,11-12H2,1-4H3. The Kier molecular flexibility index (Phi) is 6.02. The Hall–Kier alpha value is -2.03. The molecule has 0 spiro atoms. The molecule has 0 aliphatic heterocycles. The first kappa shape index (κ1) is 20.7. The van der Waals surface area contributed by atoms with E-state index in [2.05, 4.69) is 4.90 Å². The van der Waals surface area contributed by atoms with Crippen molar-refractivity contribution in [3.05, 3.63) is 54.0 Å². The minimum atomic E-state index is -3.84. The van der Waals surface area contributed by atoms with Gasteiger partial charge in [0.05, 0.1) is 17.5 Å². The monoisotopic (exact) mass is 422 g/mol. The lowest BCUT2D eigenvalue weighted by molar-refractivity contribution is 0.414. The summed E-state index contributed by atoms with van der Waals surface area (Å²) in [5.41, 5.74) is 1.06. The van der Waals surface area contributed by atoms with Crippen LogP contribution in [-0.2, 0) is 10.0 Å². The molecule has 0 N–H and O–H groups in total. The summed E-state index contributed by atoms with van der Waals surface area (Å²) in [5, 5.41) is 0.610. The van der Waals surface area contributed by atoms with Crippen molar-refractivity contribution in [2.24, 2.45) is 0 Å². The number of aromatic nitrogens is 1. The molecule has 0 fully saturated rings. The molecule has 3 rings (SSSR count). The van der Waals surface area contributed by atoms with Gasteiger partial charge < -0.3 is 9.64 Å². The molecule has 0 aliphatic carbocycles. The van der Waals surface area contributed by atoms with E-state index in [1.807, 2.05) is 14.1 Å². The number of hydrogen-bond donors (Lipinski definition) is 0. The molecule has 0 bridgehead atoms. The van der Waals surface area contributed by atoms with Crippen molar-refractivity contribution in [2.75, 3.05) is 33.5 Å². The van der Waals surface area contributed by atoms with E-state index >= 15 is 0 Å². The van der Waals surface area contributed by atoms with Crippen molar-refractivity contribution in [3.63, 3.8) is 0 Å². The van der Waals surface area contributed by atoms with E-state index in [1.165, 1.54) is 53.2 Å². The zero-order chi connectivity index (χ0) is 20.5. The van der Waals surface area contributed by atoms with Crippen molar-refractivity contribution >= 4 is 32.7 Å². The van der Waals surface area contributed by atoms with Gasteiger partial charge in [-0.1, -0.05) is 0 Å². The number of thioether (sulfide) groups is 1. The van der Waals surface area contributed by atoms with E-state index in [0.29, 0.717) is 22.3 Å². The van der Waals surface area contributed by atoms with E-state index in [1.54, 1.807) is 19.1 Å². The van der Waals surface area contributed by atoms with Gasteiger partial charge in [-0.15, -0.1) is 11.8 Å². The molecular formula is C20H23FN2O3S2. The summed E-state index contributed by atoms with van der Waals surface area (Å²) in [6.45, 7) is 2.59. The molecule has 2 aromatic carbocycles. The van der Waals surface area contributed by atoms with Gasteiger partial charge in [0.1, 0.15) is 11.6 Å². The van der Waals surface area contributed by atoms with Crippen LogP contribution in [0.1, 0.15) is 5.69 Å². The Morgan fingerprint density at radius 3 is 2.43 bits per heavy atom. The number of halogens is 1. The van der Waals surface area contributed by atoms with E-state index in [9.17, 15) is 12.8 Å². The normalized spacial score (nSPS) is 12.1. The summed E-state index contributed by atoms with van der Waals surface area (Å²) in [4.78, 5) is 2.99. The molecule has 0 saturated heterocycles. The lowest BCUT2D eigenvalue weighted by Gasteiger charge is -2.11. The molecule has 0 saturated carbocycles. The third kappa shape index (κ3) is 3.90. The largest absolute Gasteiger partial charge is 0.497 e.